The first-order valence-electron chi connectivity index (χ1n) is 22.3. The number of urea groups is 1. The van der Waals surface area contributed by atoms with Crippen molar-refractivity contribution < 1.29 is 33.4 Å². The van der Waals surface area contributed by atoms with E-state index in [4.69, 9.17) is 24.2 Å². The number of likely N-dealkylation sites (N-methyl/N-ethyl adjacent to an activating group) is 1. The SMILES string of the molecule is CCn1c(-c2cccnc2[C@H](C)OC)c2c3cc(ccc31)-c1csc(n1)C[C@H](NC(=O)[C@H](C(C)C)N(C)C(=O)N1[C@H](C)COC[C@@H]1C)C(=O)N1CCC[C@H](N1)C(=O)OCC(C)(C)C2. The summed E-state index contributed by atoms with van der Waals surface area (Å²) in [6.07, 6.45) is 3.27. The largest absolute Gasteiger partial charge is 0.464 e. The molecule has 340 valence electrons. The van der Waals surface area contributed by atoms with Crippen LogP contribution in [0.5, 0.6) is 0 Å². The van der Waals surface area contributed by atoms with E-state index in [1.807, 2.05) is 46.1 Å². The fraction of sp³-hybridized carbons (Fsp3) is 0.574. The van der Waals surface area contributed by atoms with E-state index in [0.717, 1.165) is 44.7 Å². The molecule has 15 nitrogen and oxygen atoms in total. The lowest BCUT2D eigenvalue weighted by Gasteiger charge is -2.43. The molecule has 0 saturated carbocycles. The molecular weight excluding hydrogens is 821 g/mol. The summed E-state index contributed by atoms with van der Waals surface area (Å²) >= 11 is 1.42. The van der Waals surface area contributed by atoms with E-state index < -0.39 is 41.3 Å². The van der Waals surface area contributed by atoms with E-state index in [1.54, 1.807) is 25.3 Å². The van der Waals surface area contributed by atoms with Gasteiger partial charge in [-0.1, -0.05) is 33.8 Å². The molecule has 3 aromatic heterocycles. The van der Waals surface area contributed by atoms with E-state index >= 15 is 0 Å². The number of amides is 4. The predicted octanol–water partition coefficient (Wildman–Crippen LogP) is 6.39. The summed E-state index contributed by atoms with van der Waals surface area (Å²) < 4.78 is 19.9. The third-order valence-corrected chi connectivity index (χ3v) is 13.5. The van der Waals surface area contributed by atoms with Crippen LogP contribution in [0.1, 0.15) is 90.6 Å². The van der Waals surface area contributed by atoms with Crippen molar-refractivity contribution in [1.29, 1.82) is 0 Å². The topological polar surface area (TPSA) is 160 Å². The molecule has 3 aliphatic heterocycles. The van der Waals surface area contributed by atoms with E-state index in [-0.39, 0.29) is 43.2 Å². The number of hydrazine groups is 1. The fourth-order valence-electron chi connectivity index (χ4n) is 9.43. The van der Waals surface area contributed by atoms with Crippen molar-refractivity contribution in [2.75, 3.05) is 40.5 Å². The van der Waals surface area contributed by atoms with E-state index in [0.29, 0.717) is 50.6 Å². The first-order valence-corrected chi connectivity index (χ1v) is 23.2. The number of esters is 1. The number of methoxy groups -OCH3 is 1. The second-order valence-corrected chi connectivity index (χ2v) is 19.4. The molecule has 16 heteroatoms. The van der Waals surface area contributed by atoms with Gasteiger partial charge in [-0.05, 0) is 82.7 Å². The molecule has 2 N–H and O–H groups in total. The van der Waals surface area contributed by atoms with Crippen molar-refractivity contribution in [3.05, 3.63) is 58.2 Å². The van der Waals surface area contributed by atoms with Crippen LogP contribution in [-0.2, 0) is 48.0 Å². The average molecular weight is 885 g/mol. The number of hydrogen-bond acceptors (Lipinski definition) is 11. The second-order valence-electron chi connectivity index (χ2n) is 18.5. The van der Waals surface area contributed by atoms with Gasteiger partial charge in [0.1, 0.15) is 18.1 Å². The van der Waals surface area contributed by atoms with Gasteiger partial charge in [-0.3, -0.25) is 24.4 Å². The van der Waals surface area contributed by atoms with Crippen LogP contribution in [0.25, 0.3) is 33.4 Å². The summed E-state index contributed by atoms with van der Waals surface area (Å²) in [4.78, 5) is 70.1. The number of rotatable bonds is 8. The Bertz CT molecular complexity index is 2310. The number of carbonyl (C=O) groups is 4. The van der Waals surface area contributed by atoms with Crippen LogP contribution in [-0.4, -0.2) is 124 Å². The zero-order valence-corrected chi connectivity index (χ0v) is 39.2. The number of aryl methyl sites for hydroxylation is 1. The molecule has 2 saturated heterocycles. The summed E-state index contributed by atoms with van der Waals surface area (Å²) in [5, 5.41) is 8.19. The van der Waals surface area contributed by atoms with Gasteiger partial charge in [-0.25, -0.2) is 15.2 Å². The number of aromatic nitrogens is 3. The molecule has 4 amide bonds. The van der Waals surface area contributed by atoms with Crippen LogP contribution < -0.4 is 10.7 Å². The Kier molecular flexibility index (Phi) is 13.9. The third kappa shape index (κ3) is 9.50. The molecule has 3 aliphatic rings. The van der Waals surface area contributed by atoms with Gasteiger partial charge >= 0.3 is 12.0 Å². The molecule has 1 aromatic carbocycles. The summed E-state index contributed by atoms with van der Waals surface area (Å²) in [6, 6.07) is 7.13. The third-order valence-electron chi connectivity index (χ3n) is 12.7. The Morgan fingerprint density at radius 1 is 1.13 bits per heavy atom. The van der Waals surface area contributed by atoms with Crippen LogP contribution in [0.3, 0.4) is 0 Å². The summed E-state index contributed by atoms with van der Waals surface area (Å²) in [5.74, 6) is -1.57. The molecule has 0 radical (unpaired) electrons. The van der Waals surface area contributed by atoms with Gasteiger partial charge < -0.3 is 33.9 Å². The normalized spacial score (nSPS) is 23.0. The lowest BCUT2D eigenvalue weighted by molar-refractivity contribution is -0.155. The van der Waals surface area contributed by atoms with Crippen molar-refractivity contribution >= 4 is 46.1 Å². The zero-order chi connectivity index (χ0) is 45.3. The van der Waals surface area contributed by atoms with Crippen LogP contribution in [0.2, 0.25) is 0 Å². The molecule has 6 bridgehead atoms. The number of thiazole rings is 1. The van der Waals surface area contributed by atoms with Gasteiger partial charge in [0.25, 0.3) is 5.91 Å². The summed E-state index contributed by atoms with van der Waals surface area (Å²) in [7, 11) is 3.33. The number of benzene rings is 1. The highest BCUT2D eigenvalue weighted by molar-refractivity contribution is 7.10. The number of nitrogens with zero attached hydrogens (tertiary/aromatic N) is 6. The molecule has 4 aromatic rings. The number of hydrogen-bond donors (Lipinski definition) is 2. The number of fused-ring (bicyclic) bond motifs is 6. The molecule has 0 unspecified atom stereocenters. The van der Waals surface area contributed by atoms with Gasteiger partial charge in [-0.15, -0.1) is 11.3 Å². The van der Waals surface area contributed by atoms with Crippen molar-refractivity contribution in [3.63, 3.8) is 0 Å². The first kappa shape index (κ1) is 46.1. The van der Waals surface area contributed by atoms with Crippen molar-refractivity contribution in [3.8, 4) is 22.5 Å². The maximum Gasteiger partial charge on any atom is 0.324 e. The van der Waals surface area contributed by atoms with Gasteiger partial charge in [0.2, 0.25) is 5.91 Å². The monoisotopic (exact) mass is 884 g/mol. The Balaban J connectivity index is 1.29. The van der Waals surface area contributed by atoms with Gasteiger partial charge in [-0.2, -0.15) is 0 Å². The number of carbonyl (C=O) groups excluding carboxylic acids is 4. The highest BCUT2D eigenvalue weighted by Gasteiger charge is 2.40. The number of ether oxygens (including phenoxy) is 3. The van der Waals surface area contributed by atoms with E-state index in [1.165, 1.54) is 21.2 Å². The van der Waals surface area contributed by atoms with Gasteiger partial charge in [0, 0.05) is 72.7 Å². The maximum absolute atomic E-state index is 14.6. The minimum atomic E-state index is -1.05. The molecule has 6 atom stereocenters. The number of morpholine rings is 1. The molecule has 6 heterocycles. The molecular formula is C47H64N8O7S. The Morgan fingerprint density at radius 2 is 1.87 bits per heavy atom. The number of nitrogens with one attached hydrogen (secondary N) is 2. The van der Waals surface area contributed by atoms with Crippen LogP contribution in [0, 0.1) is 11.3 Å². The average Bonchev–Trinajstić information content (AvgIpc) is 3.85. The molecule has 2 fully saturated rings. The molecule has 0 spiro atoms. The summed E-state index contributed by atoms with van der Waals surface area (Å²) in [6.45, 7) is 18.0. The maximum atomic E-state index is 14.6. The second kappa shape index (κ2) is 19.1. The Morgan fingerprint density at radius 3 is 2.57 bits per heavy atom. The van der Waals surface area contributed by atoms with E-state index in [2.05, 4.69) is 60.3 Å². The van der Waals surface area contributed by atoms with Crippen LogP contribution in [0.4, 0.5) is 4.79 Å². The minimum absolute atomic E-state index is 0.0993. The molecule has 63 heavy (non-hydrogen) atoms. The van der Waals surface area contributed by atoms with Crippen LogP contribution >= 0.6 is 11.3 Å². The molecule has 7 rings (SSSR count). The lowest BCUT2D eigenvalue weighted by atomic mass is 9.84. The predicted molar refractivity (Wildman–Crippen MR) is 243 cm³/mol. The van der Waals surface area contributed by atoms with Gasteiger partial charge in [0.15, 0.2) is 0 Å². The lowest BCUT2D eigenvalue weighted by Crippen LogP contribution is -2.63. The number of cyclic esters (lactones) is 1. The van der Waals surface area contributed by atoms with Crippen molar-refractivity contribution in [2.45, 2.75) is 124 Å². The highest BCUT2D eigenvalue weighted by atomic mass is 32.1. The van der Waals surface area contributed by atoms with Crippen molar-refractivity contribution in [2.24, 2.45) is 11.3 Å². The van der Waals surface area contributed by atoms with E-state index in [9.17, 15) is 19.2 Å². The van der Waals surface area contributed by atoms with Gasteiger partial charge in [0.05, 0.1) is 60.1 Å². The standard InChI is InChI=1S/C47H64N8O7S/c1-11-53-38-17-16-31-20-33(38)34(42(53)32-14-12-18-48-40(32)30(6)60-10)22-47(7,8)26-62-45(58)35-15-13-19-54(51-35)44(57)36(21-39-49-37(31)25-63-39)50-43(56)41(27(2)3)52(9)46(59)55-28(4)23-61-24-29(55)5/h12,14,16-18,20,25,27-30,35-36,41,51H,11,13,15,19,21-24,26H2,1-10H3,(H,50,56)/t28-,29+,30-,35-,36-,41-/m0/s1. The Hall–Kier alpha value is -4.90. The fourth-order valence-corrected chi connectivity index (χ4v) is 10.3. The molecule has 0 aliphatic carbocycles. The smallest absolute Gasteiger partial charge is 0.324 e. The quantitative estimate of drug-likeness (QED) is 0.190. The highest BCUT2D eigenvalue weighted by Crippen LogP contribution is 2.42. The Labute approximate surface area is 374 Å². The zero-order valence-electron chi connectivity index (χ0n) is 38.4. The first-order chi connectivity index (χ1) is 30.0. The number of pyridine rings is 1. The van der Waals surface area contributed by atoms with Crippen molar-refractivity contribution in [1.82, 2.24) is 40.1 Å². The van der Waals surface area contributed by atoms with Crippen LogP contribution in [0.15, 0.2) is 41.9 Å². The summed E-state index contributed by atoms with van der Waals surface area (Å²) in [5.41, 5.74) is 9.36. The minimum Gasteiger partial charge on any atom is -0.464 e.